The molecule has 124 valence electrons. The molecule has 4 nitrogen and oxygen atoms in total. The summed E-state index contributed by atoms with van der Waals surface area (Å²) in [6.45, 7) is 11.6. The molecule has 0 aliphatic rings. The van der Waals surface area contributed by atoms with E-state index in [1.807, 2.05) is 12.1 Å². The summed E-state index contributed by atoms with van der Waals surface area (Å²) in [4.78, 5) is 10.3. The molecular formula is C18H28O4. The van der Waals surface area contributed by atoms with Crippen LogP contribution in [-0.2, 0) is 14.9 Å². The molecule has 0 spiro atoms. The monoisotopic (exact) mass is 308 g/mol. The third-order valence-corrected chi connectivity index (χ3v) is 3.33. The molecule has 0 atom stereocenters. The molecule has 0 aromatic heterocycles. The Bertz CT molecular complexity index is 469. The first-order chi connectivity index (χ1) is 10.1. The lowest BCUT2D eigenvalue weighted by Gasteiger charge is -2.33. The molecule has 0 unspecified atom stereocenters. The van der Waals surface area contributed by atoms with E-state index in [1.54, 1.807) is 0 Å². The van der Waals surface area contributed by atoms with Crippen molar-refractivity contribution >= 4 is 5.97 Å². The van der Waals surface area contributed by atoms with Gasteiger partial charge in [-0.3, -0.25) is 0 Å². The maximum atomic E-state index is 10.3. The van der Waals surface area contributed by atoms with Crippen molar-refractivity contribution in [2.45, 2.75) is 46.5 Å². The quantitative estimate of drug-likeness (QED) is 0.740. The van der Waals surface area contributed by atoms with Gasteiger partial charge in [0.1, 0.15) is 19.0 Å². The molecule has 0 radical (unpaired) electrons. The van der Waals surface area contributed by atoms with Crippen molar-refractivity contribution in [3.8, 4) is 5.75 Å². The lowest BCUT2D eigenvalue weighted by atomic mass is 9.72. The van der Waals surface area contributed by atoms with Gasteiger partial charge < -0.3 is 14.6 Å². The molecule has 1 rings (SSSR count). The van der Waals surface area contributed by atoms with Crippen LogP contribution in [0.25, 0.3) is 0 Å². The highest BCUT2D eigenvalue weighted by Crippen LogP contribution is 2.36. The van der Waals surface area contributed by atoms with Crippen molar-refractivity contribution in [1.29, 1.82) is 0 Å². The minimum Gasteiger partial charge on any atom is -0.491 e. The average Bonchev–Trinajstić information content (AvgIpc) is 2.35. The summed E-state index contributed by atoms with van der Waals surface area (Å²) in [7, 11) is 0. The number of benzene rings is 1. The number of carbonyl (C=O) groups is 1. The predicted octanol–water partition coefficient (Wildman–Crippen LogP) is 3.88. The predicted molar refractivity (Wildman–Crippen MR) is 87.5 cm³/mol. The lowest BCUT2D eigenvalue weighted by Crippen LogP contribution is -2.24. The Hall–Kier alpha value is -1.55. The van der Waals surface area contributed by atoms with Gasteiger partial charge in [-0.25, -0.2) is 4.79 Å². The van der Waals surface area contributed by atoms with Crippen LogP contribution >= 0.6 is 0 Å². The van der Waals surface area contributed by atoms with Crippen molar-refractivity contribution in [3.63, 3.8) is 0 Å². The Labute approximate surface area is 133 Å². The highest BCUT2D eigenvalue weighted by molar-refractivity contribution is 5.67. The number of hydrogen-bond acceptors (Lipinski definition) is 3. The molecule has 1 aromatic carbocycles. The number of hydrogen-bond donors (Lipinski definition) is 1. The smallest absolute Gasteiger partial charge is 0.329 e. The van der Waals surface area contributed by atoms with Gasteiger partial charge in [-0.1, -0.05) is 46.8 Å². The molecular weight excluding hydrogens is 280 g/mol. The molecule has 22 heavy (non-hydrogen) atoms. The van der Waals surface area contributed by atoms with Crippen molar-refractivity contribution in [3.05, 3.63) is 29.8 Å². The first kappa shape index (κ1) is 18.5. The topological polar surface area (TPSA) is 55.8 Å². The molecule has 0 aliphatic heterocycles. The van der Waals surface area contributed by atoms with Crippen LogP contribution in [0.1, 0.15) is 46.6 Å². The van der Waals surface area contributed by atoms with Crippen LogP contribution in [-0.4, -0.2) is 30.9 Å². The lowest BCUT2D eigenvalue weighted by molar-refractivity contribution is -0.142. The van der Waals surface area contributed by atoms with Gasteiger partial charge in [0, 0.05) is 0 Å². The molecule has 0 fully saturated rings. The van der Waals surface area contributed by atoms with Crippen LogP contribution in [0.5, 0.6) is 5.75 Å². The van der Waals surface area contributed by atoms with Gasteiger partial charge in [-0.2, -0.15) is 0 Å². The Morgan fingerprint density at radius 3 is 2.14 bits per heavy atom. The summed E-state index contributed by atoms with van der Waals surface area (Å²) in [5.41, 5.74) is 1.68. The van der Waals surface area contributed by atoms with E-state index in [0.29, 0.717) is 6.61 Å². The van der Waals surface area contributed by atoms with Gasteiger partial charge in [-0.15, -0.1) is 0 Å². The minimum absolute atomic E-state index is 0.112. The van der Waals surface area contributed by atoms with Gasteiger partial charge in [0.05, 0.1) is 6.61 Å². The third-order valence-electron chi connectivity index (χ3n) is 3.33. The van der Waals surface area contributed by atoms with Crippen LogP contribution in [0.15, 0.2) is 24.3 Å². The van der Waals surface area contributed by atoms with E-state index in [-0.39, 0.29) is 24.0 Å². The fraction of sp³-hybridized carbons (Fsp3) is 0.611. The molecule has 0 amide bonds. The molecule has 0 bridgehead atoms. The van der Waals surface area contributed by atoms with Gasteiger partial charge in [-0.05, 0) is 34.9 Å². The normalized spacial score (nSPS) is 12.2. The second kappa shape index (κ2) is 7.63. The van der Waals surface area contributed by atoms with E-state index in [4.69, 9.17) is 14.6 Å². The minimum atomic E-state index is -0.967. The highest BCUT2D eigenvalue weighted by atomic mass is 16.5. The SMILES string of the molecule is CC(C)(C)CC(C)(C)c1ccc(OCCOCC(=O)O)cc1. The van der Waals surface area contributed by atoms with Crippen molar-refractivity contribution in [2.75, 3.05) is 19.8 Å². The molecule has 1 N–H and O–H groups in total. The molecule has 0 saturated heterocycles. The van der Waals surface area contributed by atoms with Crippen LogP contribution in [0.3, 0.4) is 0 Å². The van der Waals surface area contributed by atoms with Crippen molar-refractivity contribution in [2.24, 2.45) is 5.41 Å². The van der Waals surface area contributed by atoms with Gasteiger partial charge in [0.25, 0.3) is 0 Å². The molecule has 1 aromatic rings. The van der Waals surface area contributed by atoms with E-state index in [0.717, 1.165) is 12.2 Å². The van der Waals surface area contributed by atoms with E-state index >= 15 is 0 Å². The van der Waals surface area contributed by atoms with E-state index < -0.39 is 5.97 Å². The van der Waals surface area contributed by atoms with Crippen molar-refractivity contribution < 1.29 is 19.4 Å². The number of ether oxygens (including phenoxy) is 2. The highest BCUT2D eigenvalue weighted by Gasteiger charge is 2.27. The maximum absolute atomic E-state index is 10.3. The van der Waals surface area contributed by atoms with E-state index in [2.05, 4.69) is 46.8 Å². The van der Waals surface area contributed by atoms with Gasteiger partial charge >= 0.3 is 5.97 Å². The fourth-order valence-electron chi connectivity index (χ4n) is 2.81. The Balaban J connectivity index is 2.50. The zero-order chi connectivity index (χ0) is 16.8. The second-order valence-corrected chi connectivity index (χ2v) is 7.44. The standard InChI is InChI=1S/C18H28O4/c1-17(2,3)13-18(4,5)14-6-8-15(9-7-14)22-11-10-21-12-16(19)20/h6-9H,10-13H2,1-5H3,(H,19,20). The van der Waals surface area contributed by atoms with Crippen LogP contribution in [0, 0.1) is 5.41 Å². The summed E-state index contributed by atoms with van der Waals surface area (Å²) in [6.07, 6.45) is 1.10. The number of aliphatic carboxylic acids is 1. The average molecular weight is 308 g/mol. The Morgan fingerprint density at radius 2 is 1.64 bits per heavy atom. The van der Waals surface area contributed by atoms with Gasteiger partial charge in [0.15, 0.2) is 0 Å². The first-order valence-corrected chi connectivity index (χ1v) is 7.63. The summed E-state index contributed by atoms with van der Waals surface area (Å²) >= 11 is 0. The summed E-state index contributed by atoms with van der Waals surface area (Å²) in [6, 6.07) is 8.10. The van der Waals surface area contributed by atoms with Crippen LogP contribution < -0.4 is 4.74 Å². The second-order valence-electron chi connectivity index (χ2n) is 7.44. The molecule has 0 aliphatic carbocycles. The Morgan fingerprint density at radius 1 is 1.05 bits per heavy atom. The third kappa shape index (κ3) is 6.94. The zero-order valence-corrected chi connectivity index (χ0v) is 14.3. The fourth-order valence-corrected chi connectivity index (χ4v) is 2.81. The number of rotatable bonds is 8. The van der Waals surface area contributed by atoms with Crippen LogP contribution in [0.2, 0.25) is 0 Å². The van der Waals surface area contributed by atoms with Gasteiger partial charge in [0.2, 0.25) is 0 Å². The molecule has 4 heteroatoms. The number of carboxylic acid groups (broad SMARTS) is 1. The number of carboxylic acids is 1. The van der Waals surface area contributed by atoms with Crippen LogP contribution in [0.4, 0.5) is 0 Å². The molecule has 0 saturated carbocycles. The van der Waals surface area contributed by atoms with E-state index in [1.165, 1.54) is 5.56 Å². The summed E-state index contributed by atoms with van der Waals surface area (Å²) in [5.74, 6) is -0.195. The first-order valence-electron chi connectivity index (χ1n) is 7.63. The van der Waals surface area contributed by atoms with E-state index in [9.17, 15) is 4.79 Å². The molecule has 0 heterocycles. The van der Waals surface area contributed by atoms with Crippen molar-refractivity contribution in [1.82, 2.24) is 0 Å². The largest absolute Gasteiger partial charge is 0.491 e. The summed E-state index contributed by atoms with van der Waals surface area (Å²) < 4.78 is 10.5. The zero-order valence-electron chi connectivity index (χ0n) is 14.3. The maximum Gasteiger partial charge on any atom is 0.329 e. The Kier molecular flexibility index (Phi) is 6.42. The summed E-state index contributed by atoms with van der Waals surface area (Å²) in [5, 5.41) is 8.45.